The summed E-state index contributed by atoms with van der Waals surface area (Å²) in [4.78, 5) is 0. The Morgan fingerprint density at radius 2 is 1.90 bits per heavy atom. The fraction of sp³-hybridized carbons (Fsp3) is 0.667. The summed E-state index contributed by atoms with van der Waals surface area (Å²) in [7, 11) is 0. The first-order chi connectivity index (χ1) is 9.56. The number of nitrogens with one attached hydrogen (secondary N) is 1. The molecule has 0 heterocycles. The maximum atomic E-state index is 6.26. The summed E-state index contributed by atoms with van der Waals surface area (Å²) in [5.41, 5.74) is 1.69. The van der Waals surface area contributed by atoms with E-state index < -0.39 is 0 Å². The van der Waals surface area contributed by atoms with E-state index in [4.69, 9.17) is 4.74 Å². The van der Waals surface area contributed by atoms with E-state index in [1.54, 1.807) is 0 Å². The lowest BCUT2D eigenvalue weighted by molar-refractivity contribution is 0.140. The molecule has 0 bridgehead atoms. The molecule has 1 aliphatic carbocycles. The van der Waals surface area contributed by atoms with Crippen molar-refractivity contribution in [2.75, 3.05) is 6.54 Å². The van der Waals surface area contributed by atoms with Crippen LogP contribution < -0.4 is 10.1 Å². The second kappa shape index (κ2) is 6.62. The van der Waals surface area contributed by atoms with Gasteiger partial charge in [-0.2, -0.15) is 0 Å². The fourth-order valence-corrected chi connectivity index (χ4v) is 3.15. The number of hydrogen-bond acceptors (Lipinski definition) is 2. The van der Waals surface area contributed by atoms with Gasteiger partial charge in [-0.1, -0.05) is 39.8 Å². The molecule has 2 rings (SSSR count). The minimum Gasteiger partial charge on any atom is -0.489 e. The second-order valence-corrected chi connectivity index (χ2v) is 6.61. The molecule has 1 aromatic carbocycles. The molecule has 1 aromatic rings. The van der Waals surface area contributed by atoms with Crippen molar-refractivity contribution >= 4 is 0 Å². The van der Waals surface area contributed by atoms with Gasteiger partial charge in [0.2, 0.25) is 0 Å². The fourth-order valence-electron chi connectivity index (χ4n) is 3.15. The third-order valence-electron chi connectivity index (χ3n) is 4.52. The van der Waals surface area contributed by atoms with Gasteiger partial charge in [0.05, 0.1) is 0 Å². The summed E-state index contributed by atoms with van der Waals surface area (Å²) >= 11 is 0. The molecule has 0 aromatic heterocycles. The lowest BCUT2D eigenvalue weighted by Crippen LogP contribution is -2.46. The van der Waals surface area contributed by atoms with Gasteiger partial charge in [0.1, 0.15) is 11.9 Å². The quantitative estimate of drug-likeness (QED) is 0.840. The average molecular weight is 275 g/mol. The topological polar surface area (TPSA) is 21.3 Å². The number of hydrogen-bond donors (Lipinski definition) is 1. The van der Waals surface area contributed by atoms with Crippen molar-refractivity contribution in [1.82, 2.24) is 5.32 Å². The Morgan fingerprint density at radius 1 is 1.20 bits per heavy atom. The van der Waals surface area contributed by atoms with Crippen molar-refractivity contribution < 1.29 is 4.74 Å². The van der Waals surface area contributed by atoms with E-state index in [2.05, 4.69) is 57.3 Å². The van der Waals surface area contributed by atoms with Gasteiger partial charge in [-0.3, -0.25) is 0 Å². The van der Waals surface area contributed by atoms with Crippen molar-refractivity contribution in [2.45, 2.75) is 65.5 Å². The van der Waals surface area contributed by atoms with E-state index >= 15 is 0 Å². The van der Waals surface area contributed by atoms with E-state index in [1.165, 1.54) is 18.4 Å². The monoisotopic (exact) mass is 275 g/mol. The Kier molecular flexibility index (Phi) is 5.09. The van der Waals surface area contributed by atoms with Gasteiger partial charge < -0.3 is 10.1 Å². The van der Waals surface area contributed by atoms with Gasteiger partial charge in [0.15, 0.2) is 0 Å². The van der Waals surface area contributed by atoms with E-state index in [-0.39, 0.29) is 0 Å². The molecule has 2 heteroatoms. The van der Waals surface area contributed by atoms with Crippen LogP contribution in [0, 0.1) is 5.41 Å². The molecule has 2 atom stereocenters. The average Bonchev–Trinajstić information content (AvgIpc) is 2.72. The first-order valence-corrected chi connectivity index (χ1v) is 8.05. The molecule has 112 valence electrons. The zero-order valence-electron chi connectivity index (χ0n) is 13.4. The highest BCUT2D eigenvalue weighted by atomic mass is 16.5. The molecule has 20 heavy (non-hydrogen) atoms. The van der Waals surface area contributed by atoms with Gasteiger partial charge in [-0.05, 0) is 55.3 Å². The summed E-state index contributed by atoms with van der Waals surface area (Å²) in [5.74, 6) is 1.01. The van der Waals surface area contributed by atoms with E-state index in [9.17, 15) is 0 Å². The molecule has 2 unspecified atom stereocenters. The predicted octanol–water partition coefficient (Wildman–Crippen LogP) is 4.18. The van der Waals surface area contributed by atoms with Crippen molar-refractivity contribution in [1.29, 1.82) is 0 Å². The van der Waals surface area contributed by atoms with Crippen LogP contribution >= 0.6 is 0 Å². The SMILES string of the molecule is CCCNC1C(Oc2ccc(CC)cc2)CCC1(C)C. The highest BCUT2D eigenvalue weighted by Gasteiger charge is 2.42. The van der Waals surface area contributed by atoms with Gasteiger partial charge in [0, 0.05) is 6.04 Å². The minimum absolute atomic E-state index is 0.295. The van der Waals surface area contributed by atoms with Gasteiger partial charge in [0.25, 0.3) is 0 Å². The minimum atomic E-state index is 0.295. The molecule has 1 fully saturated rings. The molecule has 1 aliphatic rings. The Balaban J connectivity index is 2.02. The summed E-state index contributed by atoms with van der Waals surface area (Å²) in [5, 5.41) is 3.69. The Labute approximate surface area is 123 Å². The molecule has 2 nitrogen and oxygen atoms in total. The van der Waals surface area contributed by atoms with Crippen LogP contribution in [0.3, 0.4) is 0 Å². The van der Waals surface area contributed by atoms with Crippen LogP contribution in [0.4, 0.5) is 0 Å². The van der Waals surface area contributed by atoms with Crippen LogP contribution in [0.5, 0.6) is 5.75 Å². The van der Waals surface area contributed by atoms with E-state index in [1.807, 2.05) is 0 Å². The Hall–Kier alpha value is -1.02. The zero-order chi connectivity index (χ0) is 14.6. The zero-order valence-corrected chi connectivity index (χ0v) is 13.4. The van der Waals surface area contributed by atoms with Gasteiger partial charge in [-0.25, -0.2) is 0 Å². The maximum Gasteiger partial charge on any atom is 0.119 e. The van der Waals surface area contributed by atoms with Crippen LogP contribution in [-0.4, -0.2) is 18.7 Å². The number of ether oxygens (including phenoxy) is 1. The van der Waals surface area contributed by atoms with Crippen molar-refractivity contribution in [3.63, 3.8) is 0 Å². The predicted molar refractivity (Wildman–Crippen MR) is 85.3 cm³/mol. The van der Waals surface area contributed by atoms with E-state index in [0.717, 1.165) is 25.1 Å². The Bertz CT molecular complexity index is 410. The summed E-state index contributed by atoms with van der Waals surface area (Å²) in [6.07, 6.45) is 4.92. The highest BCUT2D eigenvalue weighted by molar-refractivity contribution is 5.27. The smallest absolute Gasteiger partial charge is 0.119 e. The van der Waals surface area contributed by atoms with Crippen LogP contribution in [0.1, 0.15) is 52.5 Å². The molecular formula is C18H29NO. The summed E-state index contributed by atoms with van der Waals surface area (Å²) in [6.45, 7) is 10.2. The molecule has 1 N–H and O–H groups in total. The first kappa shape index (κ1) is 15.4. The normalized spacial score (nSPS) is 24.8. The van der Waals surface area contributed by atoms with E-state index in [0.29, 0.717) is 17.6 Å². The largest absolute Gasteiger partial charge is 0.489 e. The lowest BCUT2D eigenvalue weighted by Gasteiger charge is -2.31. The molecular weight excluding hydrogens is 246 g/mol. The summed E-state index contributed by atoms with van der Waals surface area (Å²) < 4.78 is 6.26. The number of aryl methyl sites for hydroxylation is 1. The third kappa shape index (κ3) is 3.54. The third-order valence-corrected chi connectivity index (χ3v) is 4.52. The molecule has 0 aliphatic heterocycles. The molecule has 0 radical (unpaired) electrons. The Morgan fingerprint density at radius 3 is 2.50 bits per heavy atom. The van der Waals surface area contributed by atoms with Crippen LogP contribution in [-0.2, 0) is 6.42 Å². The maximum absolute atomic E-state index is 6.26. The number of rotatable bonds is 6. The summed E-state index contributed by atoms with van der Waals surface area (Å²) in [6, 6.07) is 9.02. The highest BCUT2D eigenvalue weighted by Crippen LogP contribution is 2.39. The standard InChI is InChI=1S/C18H29NO/c1-5-13-19-17-16(11-12-18(17,3)4)20-15-9-7-14(6-2)8-10-15/h7-10,16-17,19H,5-6,11-13H2,1-4H3. The molecule has 1 saturated carbocycles. The van der Waals surface area contributed by atoms with Gasteiger partial charge in [-0.15, -0.1) is 0 Å². The van der Waals surface area contributed by atoms with Crippen LogP contribution in [0.25, 0.3) is 0 Å². The number of benzene rings is 1. The first-order valence-electron chi connectivity index (χ1n) is 8.05. The van der Waals surface area contributed by atoms with Gasteiger partial charge >= 0.3 is 0 Å². The van der Waals surface area contributed by atoms with Crippen molar-refractivity contribution in [3.05, 3.63) is 29.8 Å². The van der Waals surface area contributed by atoms with Crippen molar-refractivity contribution in [3.8, 4) is 5.75 Å². The lowest BCUT2D eigenvalue weighted by atomic mass is 9.87. The molecule has 0 amide bonds. The second-order valence-electron chi connectivity index (χ2n) is 6.61. The van der Waals surface area contributed by atoms with Crippen LogP contribution in [0.15, 0.2) is 24.3 Å². The van der Waals surface area contributed by atoms with Crippen LogP contribution in [0.2, 0.25) is 0 Å². The molecule has 0 spiro atoms. The molecule has 0 saturated heterocycles. The van der Waals surface area contributed by atoms with Crippen molar-refractivity contribution in [2.24, 2.45) is 5.41 Å².